The summed E-state index contributed by atoms with van der Waals surface area (Å²) in [5.74, 6) is 0.894. The minimum absolute atomic E-state index is 0.00364. The number of hydrogen-bond acceptors (Lipinski definition) is 10. The fourth-order valence-corrected chi connectivity index (χ4v) is 9.39. The van der Waals surface area contributed by atoms with Gasteiger partial charge >= 0.3 is 11.9 Å². The predicted molar refractivity (Wildman–Crippen MR) is 158 cm³/mol. The van der Waals surface area contributed by atoms with Crippen molar-refractivity contribution in [3.63, 3.8) is 0 Å². The van der Waals surface area contributed by atoms with Crippen LogP contribution in [0.3, 0.4) is 0 Å². The van der Waals surface area contributed by atoms with E-state index < -0.39 is 75.0 Å². The highest BCUT2D eigenvalue weighted by Gasteiger charge is 2.78. The molecule has 1 N–H and O–H groups in total. The summed E-state index contributed by atoms with van der Waals surface area (Å²) in [7, 11) is 1.35. The number of hydrogen-bond donors (Lipinski definition) is 1. The van der Waals surface area contributed by atoms with Crippen molar-refractivity contribution in [3.8, 4) is 11.8 Å². The SMILES string of the molecule is COCC(=O)OCC#CCSC(=O)[C@@]1(OC(=O)c2ccco2)[C@H](C)C[C@H]2[C@@H]3C[C@H](F)C4=CC(=O)C=C[C@]4(C)[C@@]3(F)[C@@H](O)C[C@@]21C. The van der Waals surface area contributed by atoms with Crippen LogP contribution in [0.25, 0.3) is 0 Å². The van der Waals surface area contributed by atoms with Crippen molar-refractivity contribution in [2.75, 3.05) is 26.1 Å². The molecule has 3 fully saturated rings. The second kappa shape index (κ2) is 12.2. The van der Waals surface area contributed by atoms with Gasteiger partial charge in [0.05, 0.1) is 18.1 Å². The summed E-state index contributed by atoms with van der Waals surface area (Å²) in [5, 5.41) is 11.2. The van der Waals surface area contributed by atoms with E-state index >= 15 is 8.78 Å². The van der Waals surface area contributed by atoms with Gasteiger partial charge in [-0.1, -0.05) is 43.5 Å². The van der Waals surface area contributed by atoms with Gasteiger partial charge in [-0.3, -0.25) is 9.59 Å². The van der Waals surface area contributed by atoms with Gasteiger partial charge in [-0.25, -0.2) is 18.4 Å². The lowest BCUT2D eigenvalue weighted by molar-refractivity contribution is -0.221. The van der Waals surface area contributed by atoms with Crippen molar-refractivity contribution in [2.45, 2.75) is 63.6 Å². The first-order valence-electron chi connectivity index (χ1n) is 14.8. The first-order chi connectivity index (χ1) is 21.3. The Balaban J connectivity index is 1.50. The molecule has 1 heterocycles. The first-order valence-corrected chi connectivity index (χ1v) is 15.8. The number of furan rings is 1. The van der Waals surface area contributed by atoms with Crippen LogP contribution in [-0.4, -0.2) is 77.6 Å². The highest BCUT2D eigenvalue weighted by molar-refractivity contribution is 8.14. The molecule has 1 aromatic rings. The van der Waals surface area contributed by atoms with Gasteiger partial charge in [0.25, 0.3) is 0 Å². The molecule has 0 amide bonds. The Bertz CT molecular complexity index is 1490. The maximum Gasteiger partial charge on any atom is 0.375 e. The number of fused-ring (bicyclic) bond motifs is 5. The van der Waals surface area contributed by atoms with Gasteiger partial charge in [0.2, 0.25) is 10.9 Å². The van der Waals surface area contributed by atoms with Gasteiger partial charge in [0.15, 0.2) is 23.7 Å². The Morgan fingerprint density at radius 2 is 1.96 bits per heavy atom. The van der Waals surface area contributed by atoms with E-state index in [4.69, 9.17) is 13.9 Å². The minimum Gasteiger partial charge on any atom is -0.457 e. The van der Waals surface area contributed by atoms with Crippen LogP contribution in [0.5, 0.6) is 0 Å². The quantitative estimate of drug-likeness (QED) is 0.340. The van der Waals surface area contributed by atoms with Crippen LogP contribution in [0, 0.1) is 40.4 Å². The third-order valence-corrected chi connectivity index (χ3v) is 11.3. The molecule has 4 aliphatic rings. The zero-order valence-corrected chi connectivity index (χ0v) is 26.3. The van der Waals surface area contributed by atoms with Gasteiger partial charge in [-0.05, 0) is 62.0 Å². The standard InChI is InChI=1S/C33H36F2O9S/c1-19-14-21-22-16-24(34)23-15-20(36)9-10-30(23,2)32(22,35)26(37)17-31(21,3)33(19,44-28(39)25-8-7-12-42-25)29(40)45-13-6-5-11-43-27(38)18-41-4/h7-10,12,15,19,21-22,24,26,37H,11,13-14,16-18H2,1-4H3/t19-,21+,22+,24+,26+,30+,31+,32+,33+/m1/s1. The van der Waals surface area contributed by atoms with Crippen molar-refractivity contribution < 1.29 is 51.7 Å². The molecule has 0 spiro atoms. The van der Waals surface area contributed by atoms with Crippen molar-refractivity contribution in [2.24, 2.45) is 28.6 Å². The predicted octanol–water partition coefficient (Wildman–Crippen LogP) is 4.19. The van der Waals surface area contributed by atoms with Crippen LogP contribution in [0.15, 0.2) is 46.6 Å². The van der Waals surface area contributed by atoms with Crippen molar-refractivity contribution in [1.29, 1.82) is 0 Å². The highest BCUT2D eigenvalue weighted by Crippen LogP contribution is 2.72. The number of carbonyl (C=O) groups is 4. The number of methoxy groups -OCH3 is 1. The first kappa shape index (κ1) is 33.1. The topological polar surface area (TPSA) is 129 Å². The second-order valence-electron chi connectivity index (χ2n) is 12.6. The Morgan fingerprint density at radius 1 is 1.20 bits per heavy atom. The molecule has 5 rings (SSSR count). The smallest absolute Gasteiger partial charge is 0.375 e. The zero-order chi connectivity index (χ0) is 32.8. The molecule has 12 heteroatoms. The van der Waals surface area contributed by atoms with Crippen LogP contribution < -0.4 is 0 Å². The third-order valence-electron chi connectivity index (χ3n) is 10.4. The van der Waals surface area contributed by atoms with E-state index in [1.807, 2.05) is 0 Å². The number of alkyl halides is 2. The number of ketones is 1. The number of allylic oxidation sites excluding steroid dienone is 4. The molecule has 242 valence electrons. The highest BCUT2D eigenvalue weighted by atomic mass is 32.2. The lowest BCUT2D eigenvalue weighted by Crippen LogP contribution is -2.70. The average Bonchev–Trinajstić information content (AvgIpc) is 3.60. The molecule has 0 radical (unpaired) electrons. The number of rotatable bonds is 7. The van der Waals surface area contributed by atoms with E-state index in [1.54, 1.807) is 13.8 Å². The number of esters is 2. The number of thioether (sulfide) groups is 1. The van der Waals surface area contributed by atoms with E-state index in [-0.39, 0.29) is 49.6 Å². The maximum absolute atomic E-state index is 17.6. The number of aliphatic hydroxyl groups excluding tert-OH is 1. The van der Waals surface area contributed by atoms with Gasteiger partial charge in [-0.15, -0.1) is 0 Å². The molecule has 0 saturated heterocycles. The summed E-state index contributed by atoms with van der Waals surface area (Å²) in [6.07, 6.45) is 1.26. The minimum atomic E-state index is -2.36. The maximum atomic E-state index is 17.6. The van der Waals surface area contributed by atoms with Crippen molar-refractivity contribution >= 4 is 34.6 Å². The number of ether oxygens (including phenoxy) is 3. The van der Waals surface area contributed by atoms with E-state index in [2.05, 4.69) is 16.6 Å². The van der Waals surface area contributed by atoms with E-state index in [9.17, 15) is 24.3 Å². The van der Waals surface area contributed by atoms with E-state index in [1.165, 1.54) is 44.6 Å². The molecular weight excluding hydrogens is 610 g/mol. The van der Waals surface area contributed by atoms with Crippen LogP contribution in [0.4, 0.5) is 8.78 Å². The normalized spacial score (nSPS) is 38.2. The summed E-state index contributed by atoms with van der Waals surface area (Å²) in [6, 6.07) is 2.89. The molecule has 0 aromatic carbocycles. The fourth-order valence-electron chi connectivity index (χ4n) is 8.40. The van der Waals surface area contributed by atoms with Gasteiger partial charge in [0.1, 0.15) is 12.8 Å². The monoisotopic (exact) mass is 646 g/mol. The Labute approximate surface area is 264 Å². The van der Waals surface area contributed by atoms with E-state index in [0.29, 0.717) is 0 Å². The molecule has 0 aliphatic heterocycles. The van der Waals surface area contributed by atoms with Gasteiger partial charge in [0, 0.05) is 29.8 Å². The molecule has 1 aromatic heterocycles. The lowest BCUT2D eigenvalue weighted by Gasteiger charge is -2.63. The van der Waals surface area contributed by atoms with Crippen molar-refractivity contribution in [3.05, 3.63) is 48.0 Å². The number of halogens is 2. The van der Waals surface area contributed by atoms with Crippen LogP contribution in [0.1, 0.15) is 50.6 Å². The zero-order valence-electron chi connectivity index (χ0n) is 25.5. The average molecular weight is 647 g/mol. The lowest BCUT2D eigenvalue weighted by atomic mass is 9.44. The molecule has 9 nitrogen and oxygen atoms in total. The molecule has 3 saturated carbocycles. The van der Waals surface area contributed by atoms with Crippen LogP contribution in [0.2, 0.25) is 0 Å². The van der Waals surface area contributed by atoms with Gasteiger partial charge < -0.3 is 23.7 Å². The van der Waals surface area contributed by atoms with E-state index in [0.717, 1.165) is 17.8 Å². The molecule has 45 heavy (non-hydrogen) atoms. The van der Waals surface area contributed by atoms with Crippen LogP contribution >= 0.6 is 11.8 Å². The third kappa shape index (κ3) is 5.07. The Kier molecular flexibility index (Phi) is 8.94. The molecule has 0 bridgehead atoms. The van der Waals surface area contributed by atoms with Crippen LogP contribution in [-0.2, 0) is 28.6 Å². The molecule has 0 unspecified atom stereocenters. The summed E-state index contributed by atoms with van der Waals surface area (Å²) in [4.78, 5) is 51.3. The number of aliphatic hydroxyl groups is 1. The largest absolute Gasteiger partial charge is 0.457 e. The van der Waals surface area contributed by atoms with Gasteiger partial charge in [-0.2, -0.15) is 0 Å². The van der Waals surface area contributed by atoms with Crippen molar-refractivity contribution in [1.82, 2.24) is 0 Å². The summed E-state index contributed by atoms with van der Waals surface area (Å²) in [6.45, 7) is 4.49. The summed E-state index contributed by atoms with van der Waals surface area (Å²) < 4.78 is 54.5. The Hall–Kier alpha value is -3.27. The molecule has 4 aliphatic carbocycles. The summed E-state index contributed by atoms with van der Waals surface area (Å²) in [5.41, 5.74) is -7.12. The molecule has 9 atom stereocenters. The second-order valence-corrected chi connectivity index (χ2v) is 13.6. The number of carbonyl (C=O) groups excluding carboxylic acids is 4. The summed E-state index contributed by atoms with van der Waals surface area (Å²) >= 11 is 0.794. The Morgan fingerprint density at radius 3 is 2.64 bits per heavy atom. The molecular formula is C33H36F2O9S. The fraction of sp³-hybridized carbons (Fsp3) is 0.576.